The summed E-state index contributed by atoms with van der Waals surface area (Å²) in [5.74, 6) is -1.36. The zero-order valence-electron chi connectivity index (χ0n) is 12.1. The molecule has 21 heavy (non-hydrogen) atoms. The number of carbonyl (C=O) groups is 2. The first kappa shape index (κ1) is 15.3. The van der Waals surface area contributed by atoms with E-state index in [0.717, 1.165) is 5.56 Å². The molecule has 0 atom stereocenters. The third kappa shape index (κ3) is 3.49. The molecule has 0 fully saturated rings. The number of aromatic carboxylic acids is 1. The van der Waals surface area contributed by atoms with Crippen molar-refractivity contribution in [3.05, 3.63) is 51.7 Å². The van der Waals surface area contributed by atoms with Gasteiger partial charge in [0, 0.05) is 16.3 Å². The number of hydrogen-bond donors (Lipinski definition) is 2. The minimum absolute atomic E-state index is 0.0266. The van der Waals surface area contributed by atoms with Crippen molar-refractivity contribution in [3.63, 3.8) is 0 Å². The van der Waals surface area contributed by atoms with E-state index >= 15 is 0 Å². The first-order valence-electron chi connectivity index (χ1n) is 6.50. The lowest BCUT2D eigenvalue weighted by molar-refractivity contribution is 0.0698. The van der Waals surface area contributed by atoms with Crippen LogP contribution >= 0.6 is 11.3 Å². The third-order valence-corrected chi connectivity index (χ3v) is 3.90. The molecule has 1 heterocycles. The fourth-order valence-corrected chi connectivity index (χ4v) is 2.63. The molecule has 0 bridgehead atoms. The van der Waals surface area contributed by atoms with Crippen molar-refractivity contribution in [2.45, 2.75) is 26.2 Å². The number of thiophene rings is 1. The van der Waals surface area contributed by atoms with Gasteiger partial charge in [-0.25, -0.2) is 4.79 Å². The lowest BCUT2D eigenvalue weighted by Gasteiger charge is -2.19. The molecule has 0 spiro atoms. The Labute approximate surface area is 127 Å². The van der Waals surface area contributed by atoms with E-state index < -0.39 is 5.97 Å². The molecule has 1 amide bonds. The molecule has 0 aliphatic carbocycles. The lowest BCUT2D eigenvalue weighted by Crippen LogP contribution is -2.15. The zero-order chi connectivity index (χ0) is 15.6. The molecule has 2 aromatic rings. The molecule has 0 unspecified atom stereocenters. The average Bonchev–Trinajstić information content (AvgIpc) is 2.86. The predicted octanol–water partition coefficient (Wildman–Crippen LogP) is 4.00. The van der Waals surface area contributed by atoms with Crippen LogP contribution in [0.3, 0.4) is 0 Å². The van der Waals surface area contributed by atoms with Crippen LogP contribution in [0, 0.1) is 0 Å². The minimum Gasteiger partial charge on any atom is -0.478 e. The van der Waals surface area contributed by atoms with Crippen molar-refractivity contribution in [2.75, 3.05) is 5.32 Å². The molecular weight excluding hydrogens is 286 g/mol. The molecule has 5 heteroatoms. The lowest BCUT2D eigenvalue weighted by atomic mass is 9.87. The maximum atomic E-state index is 12.1. The number of amides is 1. The van der Waals surface area contributed by atoms with E-state index in [4.69, 9.17) is 5.11 Å². The Balaban J connectivity index is 2.17. The molecule has 2 N–H and O–H groups in total. The van der Waals surface area contributed by atoms with Gasteiger partial charge < -0.3 is 10.4 Å². The molecule has 0 saturated heterocycles. The summed E-state index contributed by atoms with van der Waals surface area (Å²) >= 11 is 1.24. The number of carboxylic acid groups (broad SMARTS) is 1. The number of carboxylic acids is 1. The summed E-state index contributed by atoms with van der Waals surface area (Å²) < 4.78 is 0. The first-order chi connectivity index (χ1) is 9.79. The Hall–Kier alpha value is -2.14. The Kier molecular flexibility index (Phi) is 4.14. The number of benzene rings is 1. The van der Waals surface area contributed by atoms with Gasteiger partial charge >= 0.3 is 5.97 Å². The molecule has 1 aromatic carbocycles. The third-order valence-electron chi connectivity index (χ3n) is 3.15. The standard InChI is InChI=1S/C16H17NO3S/c1-16(2,3)11-6-4-10(5-7-11)14(18)17-13-9-21-8-12(13)15(19)20/h4-9H,1-3H3,(H,17,18)(H,19,20). The van der Waals surface area contributed by atoms with E-state index in [1.807, 2.05) is 12.1 Å². The number of anilines is 1. The fourth-order valence-electron chi connectivity index (χ4n) is 1.88. The largest absolute Gasteiger partial charge is 0.478 e. The Morgan fingerprint density at radius 1 is 1.10 bits per heavy atom. The van der Waals surface area contributed by atoms with Crippen LogP contribution in [-0.4, -0.2) is 17.0 Å². The molecular formula is C16H17NO3S. The van der Waals surface area contributed by atoms with Gasteiger partial charge in [-0.05, 0) is 23.1 Å². The normalized spacial score (nSPS) is 11.2. The van der Waals surface area contributed by atoms with Gasteiger partial charge in [-0.1, -0.05) is 32.9 Å². The average molecular weight is 303 g/mol. The molecule has 0 aliphatic rings. The fraction of sp³-hybridized carbons (Fsp3) is 0.250. The highest BCUT2D eigenvalue weighted by Gasteiger charge is 2.16. The number of carbonyl (C=O) groups excluding carboxylic acids is 1. The second kappa shape index (κ2) is 5.69. The highest BCUT2D eigenvalue weighted by atomic mass is 32.1. The summed E-state index contributed by atoms with van der Waals surface area (Å²) in [5.41, 5.74) is 2.11. The second-order valence-electron chi connectivity index (χ2n) is 5.79. The molecule has 2 rings (SSSR count). The zero-order valence-corrected chi connectivity index (χ0v) is 13.0. The Morgan fingerprint density at radius 2 is 1.71 bits per heavy atom. The quantitative estimate of drug-likeness (QED) is 0.900. The van der Waals surface area contributed by atoms with E-state index in [2.05, 4.69) is 26.1 Å². The minimum atomic E-state index is -1.05. The van der Waals surface area contributed by atoms with Gasteiger partial charge in [0.2, 0.25) is 0 Å². The summed E-state index contributed by atoms with van der Waals surface area (Å²) in [4.78, 5) is 23.2. The Morgan fingerprint density at radius 3 is 2.24 bits per heavy atom. The van der Waals surface area contributed by atoms with Gasteiger partial charge in [-0.15, -0.1) is 11.3 Å². The van der Waals surface area contributed by atoms with E-state index in [1.54, 1.807) is 17.5 Å². The van der Waals surface area contributed by atoms with Gasteiger partial charge in [-0.2, -0.15) is 0 Å². The van der Waals surface area contributed by atoms with Crippen molar-refractivity contribution in [2.24, 2.45) is 0 Å². The number of nitrogens with one attached hydrogen (secondary N) is 1. The van der Waals surface area contributed by atoms with Crippen molar-refractivity contribution in [1.29, 1.82) is 0 Å². The van der Waals surface area contributed by atoms with Crippen LogP contribution in [0.1, 0.15) is 47.1 Å². The van der Waals surface area contributed by atoms with Crippen LogP contribution < -0.4 is 5.32 Å². The Bertz CT molecular complexity index is 666. The van der Waals surface area contributed by atoms with E-state index in [1.165, 1.54) is 16.7 Å². The van der Waals surface area contributed by atoms with Crippen LogP contribution in [-0.2, 0) is 5.41 Å². The van der Waals surface area contributed by atoms with Crippen LogP contribution in [0.5, 0.6) is 0 Å². The summed E-state index contributed by atoms with van der Waals surface area (Å²) in [6.45, 7) is 6.31. The summed E-state index contributed by atoms with van der Waals surface area (Å²) in [6, 6.07) is 7.34. The maximum absolute atomic E-state index is 12.1. The highest BCUT2D eigenvalue weighted by molar-refractivity contribution is 7.08. The molecule has 110 valence electrons. The first-order valence-corrected chi connectivity index (χ1v) is 7.44. The number of hydrogen-bond acceptors (Lipinski definition) is 3. The van der Waals surface area contributed by atoms with E-state index in [-0.39, 0.29) is 16.9 Å². The topological polar surface area (TPSA) is 66.4 Å². The van der Waals surface area contributed by atoms with Gasteiger partial charge in [-0.3, -0.25) is 4.79 Å². The van der Waals surface area contributed by atoms with Crippen molar-refractivity contribution in [1.82, 2.24) is 0 Å². The smallest absolute Gasteiger partial charge is 0.338 e. The van der Waals surface area contributed by atoms with Crippen LogP contribution in [0.25, 0.3) is 0 Å². The molecule has 0 aliphatic heterocycles. The van der Waals surface area contributed by atoms with Crippen LogP contribution in [0.2, 0.25) is 0 Å². The van der Waals surface area contributed by atoms with Gasteiger partial charge in [0.15, 0.2) is 0 Å². The maximum Gasteiger partial charge on any atom is 0.338 e. The van der Waals surface area contributed by atoms with E-state index in [9.17, 15) is 9.59 Å². The number of rotatable bonds is 3. The summed E-state index contributed by atoms with van der Waals surface area (Å²) in [7, 11) is 0. The monoisotopic (exact) mass is 303 g/mol. The van der Waals surface area contributed by atoms with Crippen molar-refractivity contribution < 1.29 is 14.7 Å². The predicted molar refractivity (Wildman–Crippen MR) is 84.4 cm³/mol. The molecule has 0 radical (unpaired) electrons. The van der Waals surface area contributed by atoms with Gasteiger partial charge in [0.05, 0.1) is 11.3 Å². The second-order valence-corrected chi connectivity index (χ2v) is 6.53. The highest BCUT2D eigenvalue weighted by Crippen LogP contribution is 2.24. The molecule has 0 saturated carbocycles. The van der Waals surface area contributed by atoms with E-state index in [0.29, 0.717) is 11.3 Å². The summed E-state index contributed by atoms with van der Waals surface area (Å²) in [5, 5.41) is 14.8. The molecule has 4 nitrogen and oxygen atoms in total. The van der Waals surface area contributed by atoms with Gasteiger partial charge in [0.1, 0.15) is 0 Å². The van der Waals surface area contributed by atoms with Crippen molar-refractivity contribution in [3.8, 4) is 0 Å². The molecule has 1 aromatic heterocycles. The van der Waals surface area contributed by atoms with Gasteiger partial charge in [0.25, 0.3) is 5.91 Å². The van der Waals surface area contributed by atoms with Crippen LogP contribution in [0.15, 0.2) is 35.0 Å². The summed E-state index contributed by atoms with van der Waals surface area (Å²) in [6.07, 6.45) is 0. The SMILES string of the molecule is CC(C)(C)c1ccc(C(=O)Nc2cscc2C(=O)O)cc1. The van der Waals surface area contributed by atoms with Crippen LogP contribution in [0.4, 0.5) is 5.69 Å². The van der Waals surface area contributed by atoms with Crippen molar-refractivity contribution >= 4 is 28.9 Å².